The molecular weight excluding hydrogens is 253 g/mol. The van der Waals surface area contributed by atoms with Gasteiger partial charge in [0.2, 0.25) is 0 Å². The minimum absolute atomic E-state index is 0. The van der Waals surface area contributed by atoms with Crippen molar-refractivity contribution in [1.29, 1.82) is 0 Å². The van der Waals surface area contributed by atoms with Crippen molar-refractivity contribution < 1.29 is 12.8 Å². The SMILES string of the molecule is O=C(O)c1ccc(Sc2ccccc2)s1.[H-].[H-].[Mg+2]. The predicted molar refractivity (Wildman–Crippen MR) is 69.8 cm³/mol. The summed E-state index contributed by atoms with van der Waals surface area (Å²) in [6.45, 7) is 0. The van der Waals surface area contributed by atoms with Crippen molar-refractivity contribution in [2.45, 2.75) is 9.10 Å². The van der Waals surface area contributed by atoms with E-state index < -0.39 is 5.97 Å². The van der Waals surface area contributed by atoms with Gasteiger partial charge in [-0.15, -0.1) is 11.3 Å². The number of hydrogen-bond donors (Lipinski definition) is 1. The maximum Gasteiger partial charge on any atom is 2.00 e. The summed E-state index contributed by atoms with van der Waals surface area (Å²) in [5, 5.41) is 8.77. The first kappa shape index (κ1) is 13.6. The fourth-order valence-electron chi connectivity index (χ4n) is 1.09. The van der Waals surface area contributed by atoms with Crippen LogP contribution < -0.4 is 0 Å². The Kier molecular flexibility index (Phi) is 5.34. The molecule has 0 saturated carbocycles. The van der Waals surface area contributed by atoms with Crippen LogP contribution in [0.25, 0.3) is 0 Å². The van der Waals surface area contributed by atoms with Gasteiger partial charge in [0.25, 0.3) is 0 Å². The van der Waals surface area contributed by atoms with Crippen molar-refractivity contribution >= 4 is 52.1 Å². The first-order valence-electron chi connectivity index (χ1n) is 4.32. The molecule has 0 aliphatic rings. The van der Waals surface area contributed by atoms with Gasteiger partial charge in [-0.05, 0) is 24.3 Å². The minimum atomic E-state index is -0.861. The van der Waals surface area contributed by atoms with E-state index in [-0.39, 0.29) is 25.9 Å². The van der Waals surface area contributed by atoms with Crippen molar-refractivity contribution in [3.63, 3.8) is 0 Å². The van der Waals surface area contributed by atoms with Gasteiger partial charge >= 0.3 is 29.0 Å². The number of carboxylic acids is 1. The molecule has 1 aromatic carbocycles. The zero-order valence-corrected chi connectivity index (χ0v) is 11.5. The van der Waals surface area contributed by atoms with Crippen molar-refractivity contribution in [3.05, 3.63) is 47.3 Å². The van der Waals surface area contributed by atoms with E-state index in [0.717, 1.165) is 9.10 Å². The third-order valence-electron chi connectivity index (χ3n) is 1.75. The molecule has 1 heterocycles. The van der Waals surface area contributed by atoms with E-state index in [4.69, 9.17) is 5.11 Å². The summed E-state index contributed by atoms with van der Waals surface area (Å²) in [6.07, 6.45) is 0. The van der Waals surface area contributed by atoms with Crippen LogP contribution in [0.15, 0.2) is 51.6 Å². The van der Waals surface area contributed by atoms with E-state index in [2.05, 4.69) is 0 Å². The van der Waals surface area contributed by atoms with Crippen LogP contribution in [0.2, 0.25) is 0 Å². The van der Waals surface area contributed by atoms with Crippen LogP contribution in [0, 0.1) is 0 Å². The van der Waals surface area contributed by atoms with Gasteiger partial charge in [-0.1, -0.05) is 30.0 Å². The van der Waals surface area contributed by atoms with Gasteiger partial charge in [-0.2, -0.15) is 0 Å². The molecule has 0 amide bonds. The summed E-state index contributed by atoms with van der Waals surface area (Å²) in [6, 6.07) is 13.4. The fraction of sp³-hybridized carbons (Fsp3) is 0. The molecule has 2 aromatic rings. The number of benzene rings is 1. The Hall–Kier alpha value is -0.494. The summed E-state index contributed by atoms with van der Waals surface area (Å²) >= 11 is 2.88. The molecule has 0 aliphatic heterocycles. The van der Waals surface area contributed by atoms with Gasteiger partial charge in [0.15, 0.2) is 0 Å². The Balaban J connectivity index is 0. The Morgan fingerprint density at radius 1 is 1.19 bits per heavy atom. The summed E-state index contributed by atoms with van der Waals surface area (Å²) in [4.78, 5) is 12.2. The van der Waals surface area contributed by atoms with Gasteiger partial charge < -0.3 is 7.96 Å². The van der Waals surface area contributed by atoms with Crippen molar-refractivity contribution in [3.8, 4) is 0 Å². The van der Waals surface area contributed by atoms with Crippen LogP contribution >= 0.6 is 23.1 Å². The number of thiophene rings is 1. The van der Waals surface area contributed by atoms with E-state index in [1.54, 1.807) is 17.8 Å². The van der Waals surface area contributed by atoms with Crippen molar-refractivity contribution in [2.75, 3.05) is 0 Å². The normalized spacial score (nSPS) is 9.50. The van der Waals surface area contributed by atoms with E-state index in [1.807, 2.05) is 36.4 Å². The molecule has 80 valence electrons. The second-order valence-corrected chi connectivity index (χ2v) is 5.30. The molecule has 16 heavy (non-hydrogen) atoms. The third kappa shape index (κ3) is 3.52. The second kappa shape index (κ2) is 6.29. The molecule has 2 nitrogen and oxygen atoms in total. The van der Waals surface area contributed by atoms with E-state index in [9.17, 15) is 4.79 Å². The van der Waals surface area contributed by atoms with Crippen LogP contribution in [-0.2, 0) is 0 Å². The molecule has 1 aromatic heterocycles. The number of aromatic carboxylic acids is 1. The van der Waals surface area contributed by atoms with E-state index >= 15 is 0 Å². The van der Waals surface area contributed by atoms with Crippen LogP contribution in [0.5, 0.6) is 0 Å². The predicted octanol–water partition coefficient (Wildman–Crippen LogP) is 3.44. The van der Waals surface area contributed by atoms with Crippen LogP contribution in [0.3, 0.4) is 0 Å². The molecule has 2 rings (SSSR count). The first-order valence-corrected chi connectivity index (χ1v) is 5.95. The molecule has 1 N–H and O–H groups in total. The third-order valence-corrected chi connectivity index (χ3v) is 3.97. The van der Waals surface area contributed by atoms with Gasteiger partial charge in [0.1, 0.15) is 4.88 Å². The van der Waals surface area contributed by atoms with E-state index in [1.165, 1.54) is 11.3 Å². The van der Waals surface area contributed by atoms with Gasteiger partial charge in [0, 0.05) is 4.90 Å². The van der Waals surface area contributed by atoms with Crippen LogP contribution in [-0.4, -0.2) is 34.1 Å². The molecule has 0 unspecified atom stereocenters. The Bertz CT molecular complexity index is 477. The van der Waals surface area contributed by atoms with E-state index in [0.29, 0.717) is 4.88 Å². The van der Waals surface area contributed by atoms with Crippen LogP contribution in [0.1, 0.15) is 12.5 Å². The Morgan fingerprint density at radius 3 is 2.44 bits per heavy atom. The fourth-order valence-corrected chi connectivity index (χ4v) is 3.06. The van der Waals surface area contributed by atoms with Gasteiger partial charge in [0.05, 0.1) is 4.21 Å². The molecule has 0 saturated heterocycles. The average molecular weight is 263 g/mol. The second-order valence-electron chi connectivity index (χ2n) is 2.84. The molecular formula is C11H10MgO2S2. The molecule has 0 spiro atoms. The van der Waals surface area contributed by atoms with Gasteiger partial charge in [-0.3, -0.25) is 0 Å². The minimum Gasteiger partial charge on any atom is -1.00 e. The van der Waals surface area contributed by atoms with Crippen molar-refractivity contribution in [1.82, 2.24) is 0 Å². The molecule has 5 heteroatoms. The monoisotopic (exact) mass is 262 g/mol. The summed E-state index contributed by atoms with van der Waals surface area (Å²) < 4.78 is 0.999. The first-order chi connectivity index (χ1) is 7.25. The summed E-state index contributed by atoms with van der Waals surface area (Å²) in [7, 11) is 0. The zero-order valence-electron chi connectivity index (χ0n) is 10.4. The maximum absolute atomic E-state index is 10.7. The maximum atomic E-state index is 10.7. The van der Waals surface area contributed by atoms with Crippen molar-refractivity contribution in [2.24, 2.45) is 0 Å². The number of carbonyl (C=O) groups is 1. The molecule has 0 aliphatic carbocycles. The largest absolute Gasteiger partial charge is 2.00 e. The standard InChI is InChI=1S/C11H8O2S2.Mg.2H/c12-11(13)9-6-7-10(15-9)14-8-4-2-1-3-5-8;;;/h1-7H,(H,12,13);;;/q;+2;2*-1. The van der Waals surface area contributed by atoms with Gasteiger partial charge in [-0.25, -0.2) is 4.79 Å². The average Bonchev–Trinajstić information content (AvgIpc) is 2.68. The summed E-state index contributed by atoms with van der Waals surface area (Å²) in [5.41, 5.74) is 0. The molecule has 0 fully saturated rings. The molecule has 0 radical (unpaired) electrons. The molecule has 0 bridgehead atoms. The number of carboxylic acid groups (broad SMARTS) is 1. The Labute approximate surface area is 121 Å². The van der Waals surface area contributed by atoms with Crippen LogP contribution in [0.4, 0.5) is 0 Å². The number of rotatable bonds is 3. The quantitative estimate of drug-likeness (QED) is 0.861. The number of hydrogen-bond acceptors (Lipinski definition) is 3. The molecule has 0 atom stereocenters. The Morgan fingerprint density at radius 2 is 1.88 bits per heavy atom. The smallest absolute Gasteiger partial charge is 1.00 e. The summed E-state index contributed by atoms with van der Waals surface area (Å²) in [5.74, 6) is -0.861. The topological polar surface area (TPSA) is 37.3 Å². The zero-order chi connectivity index (χ0) is 10.7.